The van der Waals surface area contributed by atoms with Crippen molar-refractivity contribution >= 4 is 21.8 Å². The standard InChI is InChI=1S/C21H33N3O4S/c1-15(2)14-20(22-29(27,28)19-8-6-16(3)7-9-19)21(26)24-12-10-18(11-13-24)23(5)17(4)25/h6-9,15,18,20,22H,10-14H2,1-5H3. The summed E-state index contributed by atoms with van der Waals surface area (Å²) in [4.78, 5) is 28.3. The van der Waals surface area contributed by atoms with E-state index in [0.717, 1.165) is 5.56 Å². The lowest BCUT2D eigenvalue weighted by molar-refractivity contribution is -0.136. The summed E-state index contributed by atoms with van der Waals surface area (Å²) in [6.07, 6.45) is 1.82. The number of carbonyl (C=O) groups excluding carboxylic acids is 2. The predicted molar refractivity (Wildman–Crippen MR) is 113 cm³/mol. The van der Waals surface area contributed by atoms with E-state index in [1.807, 2.05) is 20.8 Å². The van der Waals surface area contributed by atoms with E-state index in [1.54, 1.807) is 41.1 Å². The molecule has 0 spiro atoms. The highest BCUT2D eigenvalue weighted by Gasteiger charge is 2.33. The summed E-state index contributed by atoms with van der Waals surface area (Å²) in [6.45, 7) is 8.39. The molecule has 1 aliphatic rings. The van der Waals surface area contributed by atoms with Gasteiger partial charge in [-0.2, -0.15) is 4.72 Å². The van der Waals surface area contributed by atoms with Gasteiger partial charge < -0.3 is 9.80 Å². The molecule has 162 valence electrons. The molecule has 29 heavy (non-hydrogen) atoms. The van der Waals surface area contributed by atoms with Crippen LogP contribution in [0.2, 0.25) is 0 Å². The van der Waals surface area contributed by atoms with Crippen molar-refractivity contribution in [3.8, 4) is 0 Å². The van der Waals surface area contributed by atoms with Crippen molar-refractivity contribution in [3.05, 3.63) is 29.8 Å². The van der Waals surface area contributed by atoms with Crippen molar-refractivity contribution < 1.29 is 18.0 Å². The number of carbonyl (C=O) groups is 2. The Morgan fingerprint density at radius 3 is 2.21 bits per heavy atom. The molecular weight excluding hydrogens is 390 g/mol. The van der Waals surface area contributed by atoms with Crippen LogP contribution in [-0.2, 0) is 19.6 Å². The van der Waals surface area contributed by atoms with Gasteiger partial charge in [-0.3, -0.25) is 9.59 Å². The second-order valence-electron chi connectivity index (χ2n) is 8.30. The van der Waals surface area contributed by atoms with Crippen molar-refractivity contribution in [3.63, 3.8) is 0 Å². The molecule has 1 unspecified atom stereocenters. The van der Waals surface area contributed by atoms with Crippen molar-refractivity contribution in [1.82, 2.24) is 14.5 Å². The van der Waals surface area contributed by atoms with E-state index in [1.165, 1.54) is 6.92 Å². The van der Waals surface area contributed by atoms with Gasteiger partial charge in [-0.1, -0.05) is 31.5 Å². The van der Waals surface area contributed by atoms with Gasteiger partial charge in [-0.05, 0) is 44.2 Å². The highest BCUT2D eigenvalue weighted by atomic mass is 32.2. The largest absolute Gasteiger partial charge is 0.343 e. The average Bonchev–Trinajstić information content (AvgIpc) is 2.66. The lowest BCUT2D eigenvalue weighted by Gasteiger charge is -2.38. The van der Waals surface area contributed by atoms with Gasteiger partial charge in [0.25, 0.3) is 0 Å². The van der Waals surface area contributed by atoms with Crippen LogP contribution >= 0.6 is 0 Å². The first-order valence-corrected chi connectivity index (χ1v) is 11.6. The van der Waals surface area contributed by atoms with E-state index in [2.05, 4.69) is 4.72 Å². The lowest BCUT2D eigenvalue weighted by atomic mass is 10.00. The van der Waals surface area contributed by atoms with Crippen LogP contribution in [0.25, 0.3) is 0 Å². The van der Waals surface area contributed by atoms with E-state index in [0.29, 0.717) is 32.4 Å². The summed E-state index contributed by atoms with van der Waals surface area (Å²) < 4.78 is 28.3. The zero-order chi connectivity index (χ0) is 21.8. The van der Waals surface area contributed by atoms with Gasteiger partial charge in [-0.15, -0.1) is 0 Å². The molecular formula is C21H33N3O4S. The van der Waals surface area contributed by atoms with Crippen molar-refractivity contribution in [1.29, 1.82) is 0 Å². The summed E-state index contributed by atoms with van der Waals surface area (Å²) in [5.74, 6) is -0.0253. The van der Waals surface area contributed by atoms with E-state index in [-0.39, 0.29) is 28.7 Å². The highest BCUT2D eigenvalue weighted by molar-refractivity contribution is 7.89. The van der Waals surface area contributed by atoms with E-state index < -0.39 is 16.1 Å². The second-order valence-corrected chi connectivity index (χ2v) is 10.0. The minimum absolute atomic E-state index is 0.0123. The number of hydrogen-bond donors (Lipinski definition) is 1. The molecule has 1 saturated heterocycles. The summed E-state index contributed by atoms with van der Waals surface area (Å²) in [5, 5.41) is 0. The number of amides is 2. The molecule has 1 aliphatic heterocycles. The number of rotatable bonds is 7. The van der Waals surface area contributed by atoms with Gasteiger partial charge in [0, 0.05) is 33.1 Å². The number of aryl methyl sites for hydroxylation is 1. The molecule has 0 aliphatic carbocycles. The minimum Gasteiger partial charge on any atom is -0.343 e. The molecule has 1 aromatic rings. The molecule has 1 aromatic carbocycles. The summed E-state index contributed by atoms with van der Waals surface area (Å²) in [5.41, 5.74) is 0.970. The summed E-state index contributed by atoms with van der Waals surface area (Å²) >= 11 is 0. The molecule has 1 N–H and O–H groups in total. The van der Waals surface area contributed by atoms with Gasteiger partial charge in [0.1, 0.15) is 6.04 Å². The zero-order valence-corrected chi connectivity index (χ0v) is 18.8. The van der Waals surface area contributed by atoms with Crippen LogP contribution in [0.3, 0.4) is 0 Å². The Kier molecular flexibility index (Phi) is 7.82. The minimum atomic E-state index is -3.79. The molecule has 0 radical (unpaired) electrons. The molecule has 2 rings (SSSR count). The third-order valence-corrected chi connectivity index (χ3v) is 6.94. The normalized spacial score (nSPS) is 16.7. The summed E-state index contributed by atoms with van der Waals surface area (Å²) in [7, 11) is -2.01. The molecule has 1 fully saturated rings. The number of nitrogens with one attached hydrogen (secondary N) is 1. The van der Waals surface area contributed by atoms with Crippen LogP contribution in [0, 0.1) is 12.8 Å². The Morgan fingerprint density at radius 1 is 1.17 bits per heavy atom. The number of sulfonamides is 1. The van der Waals surface area contributed by atoms with Crippen LogP contribution in [0.1, 0.15) is 45.6 Å². The molecule has 1 atom stereocenters. The Morgan fingerprint density at radius 2 is 1.72 bits per heavy atom. The topological polar surface area (TPSA) is 86.8 Å². The Balaban J connectivity index is 2.10. The number of benzene rings is 1. The van der Waals surface area contributed by atoms with Crippen LogP contribution in [0.15, 0.2) is 29.2 Å². The van der Waals surface area contributed by atoms with Gasteiger partial charge in [0.2, 0.25) is 21.8 Å². The van der Waals surface area contributed by atoms with Crippen molar-refractivity contribution in [2.75, 3.05) is 20.1 Å². The molecule has 0 saturated carbocycles. The maximum Gasteiger partial charge on any atom is 0.241 e. The van der Waals surface area contributed by atoms with Crippen molar-refractivity contribution in [2.24, 2.45) is 5.92 Å². The molecule has 2 amide bonds. The van der Waals surface area contributed by atoms with E-state index in [9.17, 15) is 18.0 Å². The average molecular weight is 424 g/mol. The summed E-state index contributed by atoms with van der Waals surface area (Å²) in [6, 6.07) is 5.90. The number of hydrogen-bond acceptors (Lipinski definition) is 4. The third kappa shape index (κ3) is 6.27. The fourth-order valence-electron chi connectivity index (χ4n) is 3.59. The Labute approximate surface area is 174 Å². The van der Waals surface area contributed by atoms with Crippen molar-refractivity contribution in [2.45, 2.75) is 63.9 Å². The van der Waals surface area contributed by atoms with E-state index >= 15 is 0 Å². The van der Waals surface area contributed by atoms with Gasteiger partial charge in [-0.25, -0.2) is 8.42 Å². The number of piperidine rings is 1. The lowest BCUT2D eigenvalue weighted by Crippen LogP contribution is -2.53. The quantitative estimate of drug-likeness (QED) is 0.728. The molecule has 0 aromatic heterocycles. The fraction of sp³-hybridized carbons (Fsp3) is 0.619. The monoisotopic (exact) mass is 423 g/mol. The molecule has 7 nitrogen and oxygen atoms in total. The van der Waals surface area contributed by atoms with Crippen LogP contribution in [0.5, 0.6) is 0 Å². The number of likely N-dealkylation sites (tertiary alicyclic amines) is 1. The third-order valence-electron chi connectivity index (χ3n) is 5.45. The Hall–Kier alpha value is -1.93. The molecule has 8 heteroatoms. The SMILES string of the molecule is CC(=O)N(C)C1CCN(C(=O)C(CC(C)C)NS(=O)(=O)c2ccc(C)cc2)CC1. The van der Waals surface area contributed by atoms with E-state index in [4.69, 9.17) is 0 Å². The Bertz CT molecular complexity index is 813. The van der Waals surface area contributed by atoms with Crippen LogP contribution in [0.4, 0.5) is 0 Å². The first-order valence-electron chi connectivity index (χ1n) is 10.1. The number of nitrogens with zero attached hydrogens (tertiary/aromatic N) is 2. The predicted octanol–water partition coefficient (Wildman–Crippen LogP) is 2.16. The maximum atomic E-state index is 13.1. The van der Waals surface area contributed by atoms with Gasteiger partial charge in [0.05, 0.1) is 4.90 Å². The van der Waals surface area contributed by atoms with Gasteiger partial charge >= 0.3 is 0 Å². The fourth-order valence-corrected chi connectivity index (χ4v) is 4.80. The first kappa shape index (κ1) is 23.3. The molecule has 1 heterocycles. The highest BCUT2D eigenvalue weighted by Crippen LogP contribution is 2.19. The van der Waals surface area contributed by atoms with Crippen LogP contribution in [-0.4, -0.2) is 62.3 Å². The second kappa shape index (κ2) is 9.71. The first-order chi connectivity index (χ1) is 13.5. The molecule has 0 bridgehead atoms. The van der Waals surface area contributed by atoms with Crippen LogP contribution < -0.4 is 4.72 Å². The maximum absolute atomic E-state index is 13.1. The zero-order valence-electron chi connectivity index (χ0n) is 18.0. The smallest absolute Gasteiger partial charge is 0.241 e. The van der Waals surface area contributed by atoms with Gasteiger partial charge in [0.15, 0.2) is 0 Å².